The highest BCUT2D eigenvalue weighted by Gasteiger charge is 2.33. The van der Waals surface area contributed by atoms with E-state index in [4.69, 9.17) is 0 Å². The molecule has 2 N–H and O–H groups in total. The third-order valence-electron chi connectivity index (χ3n) is 4.31. The van der Waals surface area contributed by atoms with Crippen LogP contribution in [0.5, 0.6) is 0 Å². The van der Waals surface area contributed by atoms with E-state index in [9.17, 15) is 5.21 Å². The minimum absolute atomic E-state index is 0.163. The summed E-state index contributed by atoms with van der Waals surface area (Å²) < 4.78 is 0. The number of nitrogens with zero attached hydrogens (tertiary/aromatic N) is 1. The lowest BCUT2D eigenvalue weighted by Crippen LogP contribution is -2.41. The molecule has 0 aliphatic carbocycles. The Balaban J connectivity index is 1.93. The zero-order valence-electron chi connectivity index (χ0n) is 12.1. The van der Waals surface area contributed by atoms with Gasteiger partial charge in [0.25, 0.3) is 0 Å². The first-order valence-electron chi connectivity index (χ1n) is 7.36. The van der Waals surface area contributed by atoms with Gasteiger partial charge in [0, 0.05) is 24.4 Å². The zero-order chi connectivity index (χ0) is 14.7. The number of piperidine rings is 1. The van der Waals surface area contributed by atoms with Gasteiger partial charge in [-0.05, 0) is 11.1 Å². The van der Waals surface area contributed by atoms with Crippen LogP contribution < -0.4 is 5.32 Å². The summed E-state index contributed by atoms with van der Waals surface area (Å²) in [6.45, 7) is 2.11. The van der Waals surface area contributed by atoms with Gasteiger partial charge in [-0.3, -0.25) is 0 Å². The molecule has 21 heavy (non-hydrogen) atoms. The summed E-state index contributed by atoms with van der Waals surface area (Å²) in [4.78, 5) is 0. The molecule has 3 rings (SSSR count). The number of nitrogens with one attached hydrogen (secondary N) is 1. The third-order valence-corrected chi connectivity index (χ3v) is 4.31. The molecule has 1 aliphatic heterocycles. The van der Waals surface area contributed by atoms with Crippen molar-refractivity contribution in [2.75, 3.05) is 0 Å². The van der Waals surface area contributed by atoms with E-state index in [1.54, 1.807) is 0 Å². The fourth-order valence-corrected chi connectivity index (χ4v) is 3.08. The molecule has 0 unspecified atom stereocenters. The summed E-state index contributed by atoms with van der Waals surface area (Å²) in [6, 6.07) is 21.0. The highest BCUT2D eigenvalue weighted by Crippen LogP contribution is 2.35. The minimum Gasteiger partial charge on any atom is -0.411 e. The predicted molar refractivity (Wildman–Crippen MR) is 84.5 cm³/mol. The van der Waals surface area contributed by atoms with Crippen LogP contribution in [0.2, 0.25) is 0 Å². The van der Waals surface area contributed by atoms with Crippen LogP contribution in [0.1, 0.15) is 36.6 Å². The van der Waals surface area contributed by atoms with Crippen molar-refractivity contribution in [3.63, 3.8) is 0 Å². The first-order valence-corrected chi connectivity index (χ1v) is 7.36. The maximum Gasteiger partial charge on any atom is 0.0636 e. The molecule has 0 saturated carbocycles. The van der Waals surface area contributed by atoms with E-state index in [1.165, 1.54) is 11.1 Å². The van der Waals surface area contributed by atoms with Crippen LogP contribution in [-0.4, -0.2) is 10.9 Å². The molecule has 108 valence electrons. The molecule has 0 aromatic heterocycles. The standard InChI is InChI=1S/C18H20N2O/c1-13-16(20-21)12-17(14-8-4-2-5-9-14)19-18(13)15-10-6-3-7-11-15/h2-11,13,17-19,21H,12H2,1H3/b20-16-/t13-,17-,18+/m1/s1. The van der Waals surface area contributed by atoms with Crippen LogP contribution in [0.3, 0.4) is 0 Å². The molecule has 1 saturated heterocycles. The predicted octanol–water partition coefficient (Wildman–Crippen LogP) is 3.93. The molecule has 3 atom stereocenters. The maximum atomic E-state index is 9.35. The molecule has 2 aromatic carbocycles. The summed E-state index contributed by atoms with van der Waals surface area (Å²) in [5.74, 6) is 0.178. The monoisotopic (exact) mass is 280 g/mol. The molecular formula is C18H20N2O. The molecular weight excluding hydrogens is 260 g/mol. The van der Waals surface area contributed by atoms with Crippen LogP contribution in [0, 0.1) is 5.92 Å². The van der Waals surface area contributed by atoms with Gasteiger partial charge < -0.3 is 10.5 Å². The van der Waals surface area contributed by atoms with Gasteiger partial charge in [0.2, 0.25) is 0 Å². The quantitative estimate of drug-likeness (QED) is 0.646. The zero-order valence-corrected chi connectivity index (χ0v) is 12.1. The fraction of sp³-hybridized carbons (Fsp3) is 0.278. The lowest BCUT2D eigenvalue weighted by Gasteiger charge is -2.37. The Morgan fingerprint density at radius 2 is 1.52 bits per heavy atom. The average molecular weight is 280 g/mol. The summed E-state index contributed by atoms with van der Waals surface area (Å²) in [7, 11) is 0. The highest BCUT2D eigenvalue weighted by atomic mass is 16.4. The van der Waals surface area contributed by atoms with Gasteiger partial charge in [0.15, 0.2) is 0 Å². The Morgan fingerprint density at radius 3 is 2.10 bits per heavy atom. The Labute approximate surface area is 125 Å². The van der Waals surface area contributed by atoms with Crippen molar-refractivity contribution < 1.29 is 5.21 Å². The molecule has 0 spiro atoms. The summed E-state index contributed by atoms with van der Waals surface area (Å²) >= 11 is 0. The number of hydrogen-bond acceptors (Lipinski definition) is 3. The van der Waals surface area contributed by atoms with Gasteiger partial charge in [-0.2, -0.15) is 0 Å². The number of hydrogen-bond donors (Lipinski definition) is 2. The van der Waals surface area contributed by atoms with Crippen molar-refractivity contribution in [2.45, 2.75) is 25.4 Å². The molecule has 3 heteroatoms. The Hall–Kier alpha value is -2.13. The van der Waals surface area contributed by atoms with E-state index in [-0.39, 0.29) is 18.0 Å². The van der Waals surface area contributed by atoms with Crippen LogP contribution in [0.15, 0.2) is 65.8 Å². The van der Waals surface area contributed by atoms with Gasteiger partial charge in [-0.15, -0.1) is 0 Å². The summed E-state index contributed by atoms with van der Waals surface area (Å²) in [5.41, 5.74) is 3.31. The van der Waals surface area contributed by atoms with Crippen LogP contribution in [0.4, 0.5) is 0 Å². The molecule has 0 radical (unpaired) electrons. The molecule has 1 heterocycles. The number of oxime groups is 1. The third kappa shape index (κ3) is 2.83. The van der Waals surface area contributed by atoms with E-state index < -0.39 is 0 Å². The number of rotatable bonds is 2. The van der Waals surface area contributed by atoms with Gasteiger partial charge in [-0.1, -0.05) is 72.7 Å². The molecule has 0 amide bonds. The SMILES string of the molecule is C[C@@H]1/C(=N\O)C[C@H](c2ccccc2)N[C@@H]1c1ccccc1. The summed E-state index contributed by atoms with van der Waals surface area (Å²) in [6.07, 6.45) is 0.741. The van der Waals surface area contributed by atoms with Crippen LogP contribution in [0.25, 0.3) is 0 Å². The van der Waals surface area contributed by atoms with Crippen molar-refractivity contribution >= 4 is 5.71 Å². The second kappa shape index (κ2) is 6.10. The Bertz CT molecular complexity index is 610. The van der Waals surface area contributed by atoms with Crippen molar-refractivity contribution in [1.82, 2.24) is 5.32 Å². The maximum absolute atomic E-state index is 9.35. The van der Waals surface area contributed by atoms with E-state index in [0.717, 1.165) is 12.1 Å². The number of benzene rings is 2. The van der Waals surface area contributed by atoms with Gasteiger partial charge in [0.05, 0.1) is 5.71 Å². The first-order chi connectivity index (χ1) is 10.3. The fourth-order valence-electron chi connectivity index (χ4n) is 3.08. The molecule has 0 bridgehead atoms. The lowest BCUT2D eigenvalue weighted by molar-refractivity contribution is 0.294. The molecule has 3 nitrogen and oxygen atoms in total. The van der Waals surface area contributed by atoms with Gasteiger partial charge in [-0.25, -0.2) is 0 Å². The largest absolute Gasteiger partial charge is 0.411 e. The topological polar surface area (TPSA) is 44.6 Å². The van der Waals surface area contributed by atoms with Crippen molar-refractivity contribution in [3.8, 4) is 0 Å². The van der Waals surface area contributed by atoms with Crippen molar-refractivity contribution in [1.29, 1.82) is 0 Å². The van der Waals surface area contributed by atoms with E-state index in [2.05, 4.69) is 41.7 Å². The van der Waals surface area contributed by atoms with E-state index >= 15 is 0 Å². The Morgan fingerprint density at radius 1 is 0.952 bits per heavy atom. The normalized spacial score (nSPS) is 27.7. The second-order valence-electron chi connectivity index (χ2n) is 5.60. The lowest BCUT2D eigenvalue weighted by atomic mass is 9.81. The van der Waals surface area contributed by atoms with Crippen molar-refractivity contribution in [2.24, 2.45) is 11.1 Å². The Kier molecular flexibility index (Phi) is 4.02. The molecule has 1 fully saturated rings. The highest BCUT2D eigenvalue weighted by molar-refractivity contribution is 5.88. The first kappa shape index (κ1) is 13.8. The van der Waals surface area contributed by atoms with Gasteiger partial charge >= 0.3 is 0 Å². The average Bonchev–Trinajstić information content (AvgIpc) is 2.56. The molecule has 1 aliphatic rings. The second-order valence-corrected chi connectivity index (χ2v) is 5.60. The summed E-state index contributed by atoms with van der Waals surface area (Å²) in [5, 5.41) is 16.6. The van der Waals surface area contributed by atoms with Crippen LogP contribution in [-0.2, 0) is 0 Å². The van der Waals surface area contributed by atoms with Crippen LogP contribution >= 0.6 is 0 Å². The van der Waals surface area contributed by atoms with E-state index in [0.29, 0.717) is 0 Å². The minimum atomic E-state index is 0.163. The van der Waals surface area contributed by atoms with Gasteiger partial charge in [0.1, 0.15) is 0 Å². The van der Waals surface area contributed by atoms with Crippen molar-refractivity contribution in [3.05, 3.63) is 71.8 Å². The molecule has 2 aromatic rings. The smallest absolute Gasteiger partial charge is 0.0636 e. The van der Waals surface area contributed by atoms with E-state index in [1.807, 2.05) is 36.4 Å².